The van der Waals surface area contributed by atoms with Crippen molar-refractivity contribution in [1.29, 1.82) is 0 Å². The molecule has 1 aliphatic rings. The van der Waals surface area contributed by atoms with Crippen molar-refractivity contribution in [1.82, 2.24) is 4.90 Å². The van der Waals surface area contributed by atoms with Gasteiger partial charge in [0.1, 0.15) is 0 Å². The van der Waals surface area contributed by atoms with Crippen molar-refractivity contribution in [3.63, 3.8) is 0 Å². The quantitative estimate of drug-likeness (QED) is 0.835. The van der Waals surface area contributed by atoms with Crippen molar-refractivity contribution in [3.05, 3.63) is 28.2 Å². The second-order valence-corrected chi connectivity index (χ2v) is 6.37. The number of hydrogen-bond donors (Lipinski definition) is 1. The van der Waals surface area contributed by atoms with Gasteiger partial charge in [-0.2, -0.15) is 0 Å². The van der Waals surface area contributed by atoms with Crippen LogP contribution in [0.15, 0.2) is 27.6 Å². The fraction of sp³-hybridized carbons (Fsp3) is 0.385. The number of carboxylic acids is 1. The molecule has 0 spiro atoms. The molecule has 0 radical (unpaired) electrons. The van der Waals surface area contributed by atoms with E-state index in [0.717, 1.165) is 17.7 Å². The Morgan fingerprint density at radius 2 is 2.16 bits per heavy atom. The van der Waals surface area contributed by atoms with E-state index in [1.165, 1.54) is 11.8 Å². The summed E-state index contributed by atoms with van der Waals surface area (Å²) in [5.41, 5.74) is 0.216. The predicted molar refractivity (Wildman–Crippen MR) is 77.6 cm³/mol. The topological polar surface area (TPSA) is 57.6 Å². The van der Waals surface area contributed by atoms with E-state index < -0.39 is 5.97 Å². The highest BCUT2D eigenvalue weighted by atomic mass is 79.9. The molecule has 0 unspecified atom stereocenters. The van der Waals surface area contributed by atoms with Gasteiger partial charge in [0, 0.05) is 22.5 Å². The molecule has 1 aliphatic carbocycles. The summed E-state index contributed by atoms with van der Waals surface area (Å²) in [6.45, 7) is 0. The van der Waals surface area contributed by atoms with Gasteiger partial charge in [0.15, 0.2) is 0 Å². The van der Waals surface area contributed by atoms with E-state index in [4.69, 9.17) is 5.11 Å². The molecule has 0 saturated heterocycles. The fourth-order valence-electron chi connectivity index (χ4n) is 1.67. The SMILES string of the molecule is CN(C(=O)CSc1ccc(Br)c(C(=O)O)c1)C1CC1. The third kappa shape index (κ3) is 3.73. The van der Waals surface area contributed by atoms with Crippen LogP contribution < -0.4 is 0 Å². The Morgan fingerprint density at radius 3 is 2.74 bits per heavy atom. The van der Waals surface area contributed by atoms with Gasteiger partial charge in [-0.15, -0.1) is 11.8 Å². The molecule has 6 heteroatoms. The lowest BCUT2D eigenvalue weighted by Gasteiger charge is -2.15. The van der Waals surface area contributed by atoms with E-state index in [9.17, 15) is 9.59 Å². The maximum atomic E-state index is 11.9. The second kappa shape index (κ2) is 5.96. The number of carboxylic acid groups (broad SMARTS) is 1. The van der Waals surface area contributed by atoms with Crippen molar-refractivity contribution in [3.8, 4) is 0 Å². The number of nitrogens with zero attached hydrogens (tertiary/aromatic N) is 1. The summed E-state index contributed by atoms with van der Waals surface area (Å²) in [6.07, 6.45) is 2.18. The molecule has 1 aromatic carbocycles. The van der Waals surface area contributed by atoms with Gasteiger partial charge in [-0.3, -0.25) is 4.79 Å². The Balaban J connectivity index is 1.97. The predicted octanol–water partition coefficient (Wildman–Crippen LogP) is 2.86. The number of thioether (sulfide) groups is 1. The zero-order valence-electron chi connectivity index (χ0n) is 10.4. The smallest absolute Gasteiger partial charge is 0.336 e. The van der Waals surface area contributed by atoms with Gasteiger partial charge in [0.25, 0.3) is 0 Å². The van der Waals surface area contributed by atoms with Crippen molar-refractivity contribution in [2.24, 2.45) is 0 Å². The molecule has 1 saturated carbocycles. The second-order valence-electron chi connectivity index (χ2n) is 4.47. The average Bonchev–Trinajstić information content (AvgIpc) is 3.20. The van der Waals surface area contributed by atoms with Gasteiger partial charge in [-0.05, 0) is 47.0 Å². The van der Waals surface area contributed by atoms with E-state index in [0.29, 0.717) is 16.3 Å². The molecule has 0 aliphatic heterocycles. The van der Waals surface area contributed by atoms with Gasteiger partial charge in [-0.25, -0.2) is 4.79 Å². The monoisotopic (exact) mass is 343 g/mol. The van der Waals surface area contributed by atoms with Crippen molar-refractivity contribution >= 4 is 39.6 Å². The molecule has 2 rings (SSSR count). The first-order valence-electron chi connectivity index (χ1n) is 5.90. The maximum Gasteiger partial charge on any atom is 0.336 e. The molecule has 1 fully saturated rings. The van der Waals surface area contributed by atoms with E-state index in [-0.39, 0.29) is 11.5 Å². The minimum Gasteiger partial charge on any atom is -0.478 e. The van der Waals surface area contributed by atoms with Crippen LogP contribution in [0, 0.1) is 0 Å². The maximum absolute atomic E-state index is 11.9. The molecular weight excluding hydrogens is 330 g/mol. The van der Waals surface area contributed by atoms with E-state index in [1.807, 2.05) is 13.1 Å². The van der Waals surface area contributed by atoms with Crippen LogP contribution >= 0.6 is 27.7 Å². The summed E-state index contributed by atoms with van der Waals surface area (Å²) in [4.78, 5) is 25.4. The number of benzene rings is 1. The lowest BCUT2D eigenvalue weighted by molar-refractivity contribution is -0.127. The zero-order chi connectivity index (χ0) is 14.0. The molecule has 102 valence electrons. The zero-order valence-corrected chi connectivity index (χ0v) is 12.8. The van der Waals surface area contributed by atoms with E-state index >= 15 is 0 Å². The van der Waals surface area contributed by atoms with E-state index in [1.54, 1.807) is 17.0 Å². The van der Waals surface area contributed by atoms with Gasteiger partial charge >= 0.3 is 5.97 Å². The van der Waals surface area contributed by atoms with Crippen molar-refractivity contribution < 1.29 is 14.7 Å². The highest BCUT2D eigenvalue weighted by molar-refractivity contribution is 9.10. The summed E-state index contributed by atoms with van der Waals surface area (Å²) in [5.74, 6) is -0.545. The molecule has 19 heavy (non-hydrogen) atoms. The van der Waals surface area contributed by atoms with E-state index in [2.05, 4.69) is 15.9 Å². The third-order valence-corrected chi connectivity index (χ3v) is 4.69. The number of rotatable bonds is 5. The largest absolute Gasteiger partial charge is 0.478 e. The summed E-state index contributed by atoms with van der Waals surface area (Å²) < 4.78 is 0.547. The molecular formula is C13H14BrNO3S. The van der Waals surface area contributed by atoms with Crippen molar-refractivity contribution in [2.45, 2.75) is 23.8 Å². The molecule has 0 aromatic heterocycles. The Labute approximate surface area is 124 Å². The first-order valence-corrected chi connectivity index (χ1v) is 7.68. The number of amides is 1. The Kier molecular flexibility index (Phi) is 4.52. The van der Waals surface area contributed by atoms with Gasteiger partial charge < -0.3 is 10.0 Å². The number of carbonyl (C=O) groups is 2. The number of halogens is 1. The molecule has 0 heterocycles. The number of aromatic carboxylic acids is 1. The molecule has 1 aromatic rings. The number of carbonyl (C=O) groups excluding carboxylic acids is 1. The van der Waals surface area contributed by atoms with Crippen LogP contribution in [0.4, 0.5) is 0 Å². The van der Waals surface area contributed by atoms with Gasteiger partial charge in [-0.1, -0.05) is 0 Å². The lowest BCUT2D eigenvalue weighted by atomic mass is 10.2. The van der Waals surface area contributed by atoms with Crippen LogP contribution in [0.25, 0.3) is 0 Å². The molecule has 0 bridgehead atoms. The Hall–Kier alpha value is -1.01. The summed E-state index contributed by atoms with van der Waals surface area (Å²) in [7, 11) is 1.82. The fourth-order valence-corrected chi connectivity index (χ4v) is 2.95. The van der Waals surface area contributed by atoms with Gasteiger partial charge in [0.2, 0.25) is 5.91 Å². The van der Waals surface area contributed by atoms with Crippen LogP contribution in [-0.4, -0.2) is 40.7 Å². The molecule has 0 atom stereocenters. The van der Waals surface area contributed by atoms with Crippen molar-refractivity contribution in [2.75, 3.05) is 12.8 Å². The van der Waals surface area contributed by atoms with Crippen LogP contribution in [0.2, 0.25) is 0 Å². The average molecular weight is 344 g/mol. The van der Waals surface area contributed by atoms with Crippen LogP contribution in [0.5, 0.6) is 0 Å². The first kappa shape index (κ1) is 14.4. The lowest BCUT2D eigenvalue weighted by Crippen LogP contribution is -2.30. The molecule has 1 N–H and O–H groups in total. The number of hydrogen-bond acceptors (Lipinski definition) is 3. The molecule has 4 nitrogen and oxygen atoms in total. The van der Waals surface area contributed by atoms with Crippen LogP contribution in [-0.2, 0) is 4.79 Å². The third-order valence-electron chi connectivity index (χ3n) is 3.02. The normalized spacial score (nSPS) is 14.2. The highest BCUT2D eigenvalue weighted by Gasteiger charge is 2.29. The van der Waals surface area contributed by atoms with Crippen LogP contribution in [0.1, 0.15) is 23.2 Å². The summed E-state index contributed by atoms with van der Waals surface area (Å²) >= 11 is 4.56. The molecule has 1 amide bonds. The minimum atomic E-state index is -0.976. The summed E-state index contributed by atoms with van der Waals surface area (Å²) in [6, 6.07) is 5.50. The minimum absolute atomic E-state index is 0.0901. The van der Waals surface area contributed by atoms with Gasteiger partial charge in [0.05, 0.1) is 11.3 Å². The Bertz CT molecular complexity index is 517. The highest BCUT2D eigenvalue weighted by Crippen LogP contribution is 2.28. The van der Waals surface area contributed by atoms with Crippen LogP contribution in [0.3, 0.4) is 0 Å². The summed E-state index contributed by atoms with van der Waals surface area (Å²) in [5, 5.41) is 9.02. The first-order chi connectivity index (χ1) is 8.99. The standard InChI is InChI=1S/C13H14BrNO3S/c1-15(8-2-3-8)12(16)7-19-9-4-5-11(14)10(6-9)13(17)18/h4-6,8H,2-3,7H2,1H3,(H,17,18). The Morgan fingerprint density at radius 1 is 1.47 bits per heavy atom.